The second-order valence-corrected chi connectivity index (χ2v) is 7.96. The van der Waals surface area contributed by atoms with Gasteiger partial charge in [-0.2, -0.15) is 0 Å². The van der Waals surface area contributed by atoms with Crippen molar-refractivity contribution in [2.24, 2.45) is 5.92 Å². The second-order valence-electron chi connectivity index (χ2n) is 6.10. The van der Waals surface area contributed by atoms with E-state index in [0.29, 0.717) is 10.9 Å². The molecular formula is C17H21BrN4OS. The molecule has 1 aromatic carbocycles. The third-order valence-electron chi connectivity index (χ3n) is 4.15. The number of nitrogens with one attached hydrogen (secondary N) is 1. The zero-order valence-corrected chi connectivity index (χ0v) is 15.9. The number of carbonyl (C=O) groups excluding carboxylic acids is 1. The molecule has 1 saturated carbocycles. The molecule has 3 rings (SSSR count). The number of amides is 1. The van der Waals surface area contributed by atoms with Crippen molar-refractivity contribution in [2.75, 3.05) is 11.1 Å². The minimum absolute atomic E-state index is 0.0500. The van der Waals surface area contributed by atoms with Gasteiger partial charge in [-0.3, -0.25) is 9.48 Å². The lowest BCUT2D eigenvalue weighted by Crippen LogP contribution is -2.15. The van der Waals surface area contributed by atoms with Crippen LogP contribution in [0.2, 0.25) is 0 Å². The third kappa shape index (κ3) is 5.34. The number of carbonyl (C=O) groups is 1. The molecule has 1 aliphatic rings. The first-order valence-corrected chi connectivity index (χ1v) is 10.0. The molecule has 0 saturated heterocycles. The summed E-state index contributed by atoms with van der Waals surface area (Å²) in [5, 5.41) is 8.01. The van der Waals surface area contributed by atoms with Gasteiger partial charge in [-0.1, -0.05) is 47.0 Å². The number of hydrogen-bond donors (Lipinski definition) is 1. The van der Waals surface area contributed by atoms with E-state index in [1.807, 2.05) is 28.9 Å². The molecule has 128 valence electrons. The molecule has 1 N–H and O–H groups in total. The summed E-state index contributed by atoms with van der Waals surface area (Å²) in [6.45, 7) is 0.943. The Morgan fingerprint density at radius 2 is 2.00 bits per heavy atom. The van der Waals surface area contributed by atoms with Crippen LogP contribution in [-0.4, -0.2) is 26.4 Å². The van der Waals surface area contributed by atoms with Gasteiger partial charge in [0, 0.05) is 16.7 Å². The first-order valence-electron chi connectivity index (χ1n) is 8.27. The van der Waals surface area contributed by atoms with Crippen molar-refractivity contribution in [2.45, 2.75) is 43.8 Å². The minimum atomic E-state index is -0.0500. The van der Waals surface area contributed by atoms with E-state index in [1.165, 1.54) is 43.9 Å². The molecule has 0 aliphatic heterocycles. The van der Waals surface area contributed by atoms with Gasteiger partial charge in [0.05, 0.1) is 5.75 Å². The van der Waals surface area contributed by atoms with Gasteiger partial charge < -0.3 is 5.32 Å². The summed E-state index contributed by atoms with van der Waals surface area (Å²) >= 11 is 4.74. The van der Waals surface area contributed by atoms with Crippen LogP contribution in [0.15, 0.2) is 40.2 Å². The lowest BCUT2D eigenvalue weighted by molar-refractivity contribution is -0.113. The van der Waals surface area contributed by atoms with E-state index in [1.54, 1.807) is 6.33 Å². The van der Waals surface area contributed by atoms with Crippen LogP contribution in [0, 0.1) is 5.92 Å². The van der Waals surface area contributed by atoms with Gasteiger partial charge in [-0.25, -0.2) is 4.98 Å². The quantitative estimate of drug-likeness (QED) is 0.721. The second kappa shape index (κ2) is 8.67. The summed E-state index contributed by atoms with van der Waals surface area (Å²) in [7, 11) is 0. The molecular weight excluding hydrogens is 388 g/mol. The van der Waals surface area contributed by atoms with E-state index in [4.69, 9.17) is 0 Å². The molecule has 1 fully saturated rings. The summed E-state index contributed by atoms with van der Waals surface area (Å²) in [5.74, 6) is 0.980. The van der Waals surface area contributed by atoms with Crippen LogP contribution < -0.4 is 5.32 Å². The number of halogens is 1. The SMILES string of the molecule is O=C(CSc1ncn(CC2CCCCC2)n1)Nc1ccc(Br)cc1. The van der Waals surface area contributed by atoms with Crippen LogP contribution in [-0.2, 0) is 11.3 Å². The molecule has 1 aliphatic carbocycles. The standard InChI is InChI=1S/C17H21BrN4OS/c18-14-6-8-15(9-7-14)20-16(23)11-24-17-19-12-22(21-17)10-13-4-2-1-3-5-13/h6-9,12-13H,1-5,10-11H2,(H,20,23). The monoisotopic (exact) mass is 408 g/mol. The smallest absolute Gasteiger partial charge is 0.234 e. The van der Waals surface area contributed by atoms with Crippen LogP contribution in [0.3, 0.4) is 0 Å². The van der Waals surface area contributed by atoms with Gasteiger partial charge in [-0.15, -0.1) is 5.10 Å². The van der Waals surface area contributed by atoms with Crippen molar-refractivity contribution in [3.8, 4) is 0 Å². The van der Waals surface area contributed by atoms with Crippen molar-refractivity contribution >= 4 is 39.3 Å². The number of rotatable bonds is 6. The van der Waals surface area contributed by atoms with Crippen molar-refractivity contribution < 1.29 is 4.79 Å². The number of hydrogen-bond acceptors (Lipinski definition) is 4. The van der Waals surface area contributed by atoms with Gasteiger partial charge in [0.25, 0.3) is 0 Å². The van der Waals surface area contributed by atoms with Crippen LogP contribution in [0.1, 0.15) is 32.1 Å². The molecule has 2 aromatic rings. The Hall–Kier alpha value is -1.34. The Morgan fingerprint density at radius 3 is 2.75 bits per heavy atom. The average Bonchev–Trinajstić information content (AvgIpc) is 3.03. The molecule has 1 heterocycles. The fourth-order valence-electron chi connectivity index (χ4n) is 2.93. The van der Waals surface area contributed by atoms with Crippen LogP contribution in [0.25, 0.3) is 0 Å². The first-order chi connectivity index (χ1) is 11.7. The highest BCUT2D eigenvalue weighted by atomic mass is 79.9. The average molecular weight is 409 g/mol. The lowest BCUT2D eigenvalue weighted by atomic mass is 9.89. The lowest BCUT2D eigenvalue weighted by Gasteiger charge is -2.20. The van der Waals surface area contributed by atoms with Crippen LogP contribution in [0.5, 0.6) is 0 Å². The highest BCUT2D eigenvalue weighted by Gasteiger charge is 2.15. The molecule has 7 heteroatoms. The summed E-state index contributed by atoms with van der Waals surface area (Å²) in [6, 6.07) is 7.53. The molecule has 0 spiro atoms. The molecule has 0 unspecified atom stereocenters. The number of aromatic nitrogens is 3. The van der Waals surface area contributed by atoms with Crippen molar-refractivity contribution in [3.63, 3.8) is 0 Å². The molecule has 0 bridgehead atoms. The van der Waals surface area contributed by atoms with Crippen molar-refractivity contribution in [3.05, 3.63) is 35.1 Å². The van der Waals surface area contributed by atoms with Gasteiger partial charge >= 0.3 is 0 Å². The fraction of sp³-hybridized carbons (Fsp3) is 0.471. The number of anilines is 1. The number of thioether (sulfide) groups is 1. The van der Waals surface area contributed by atoms with E-state index >= 15 is 0 Å². The maximum atomic E-state index is 12.0. The Bertz CT molecular complexity index is 667. The highest BCUT2D eigenvalue weighted by Crippen LogP contribution is 2.25. The highest BCUT2D eigenvalue weighted by molar-refractivity contribution is 9.10. The normalized spacial score (nSPS) is 15.4. The van der Waals surface area contributed by atoms with Gasteiger partial charge in [0.1, 0.15) is 6.33 Å². The maximum absolute atomic E-state index is 12.0. The zero-order valence-electron chi connectivity index (χ0n) is 13.4. The Kier molecular flexibility index (Phi) is 6.31. The van der Waals surface area contributed by atoms with E-state index in [0.717, 1.165) is 22.6 Å². The zero-order chi connectivity index (χ0) is 16.8. The Morgan fingerprint density at radius 1 is 1.25 bits per heavy atom. The van der Waals surface area contributed by atoms with Crippen molar-refractivity contribution in [1.82, 2.24) is 14.8 Å². The molecule has 5 nitrogen and oxygen atoms in total. The molecule has 0 radical (unpaired) electrons. The van der Waals surface area contributed by atoms with Gasteiger partial charge in [0.2, 0.25) is 11.1 Å². The van der Waals surface area contributed by atoms with E-state index in [-0.39, 0.29) is 5.91 Å². The topological polar surface area (TPSA) is 59.8 Å². The maximum Gasteiger partial charge on any atom is 0.234 e. The van der Waals surface area contributed by atoms with E-state index in [9.17, 15) is 4.79 Å². The largest absolute Gasteiger partial charge is 0.325 e. The summed E-state index contributed by atoms with van der Waals surface area (Å²) in [5.41, 5.74) is 0.791. The van der Waals surface area contributed by atoms with E-state index in [2.05, 4.69) is 31.3 Å². The number of benzene rings is 1. The van der Waals surface area contributed by atoms with Gasteiger partial charge in [0.15, 0.2) is 0 Å². The fourth-order valence-corrected chi connectivity index (χ4v) is 3.81. The predicted molar refractivity (Wildman–Crippen MR) is 100 cm³/mol. The van der Waals surface area contributed by atoms with Gasteiger partial charge in [-0.05, 0) is 43.0 Å². The Balaban J connectivity index is 1.44. The minimum Gasteiger partial charge on any atom is -0.325 e. The number of nitrogens with zero attached hydrogens (tertiary/aromatic N) is 3. The summed E-state index contributed by atoms with van der Waals surface area (Å²) < 4.78 is 2.91. The Labute approximate surface area is 154 Å². The predicted octanol–water partition coefficient (Wildman–Crippen LogP) is 4.35. The third-order valence-corrected chi connectivity index (χ3v) is 5.53. The molecule has 1 amide bonds. The molecule has 1 aromatic heterocycles. The first kappa shape index (κ1) is 17.5. The van der Waals surface area contributed by atoms with Crippen LogP contribution in [0.4, 0.5) is 5.69 Å². The molecule has 24 heavy (non-hydrogen) atoms. The summed E-state index contributed by atoms with van der Waals surface area (Å²) in [4.78, 5) is 16.3. The van der Waals surface area contributed by atoms with Crippen LogP contribution >= 0.6 is 27.7 Å². The van der Waals surface area contributed by atoms with E-state index < -0.39 is 0 Å². The molecule has 0 atom stereocenters. The van der Waals surface area contributed by atoms with Crippen molar-refractivity contribution in [1.29, 1.82) is 0 Å². The summed E-state index contributed by atoms with van der Waals surface area (Å²) in [6.07, 6.45) is 8.39.